The molecule has 0 atom stereocenters. The normalized spacial score (nSPS) is 13.9. The summed E-state index contributed by atoms with van der Waals surface area (Å²) < 4.78 is 7.33. The van der Waals surface area contributed by atoms with Crippen LogP contribution in [0.3, 0.4) is 0 Å². The highest BCUT2D eigenvalue weighted by molar-refractivity contribution is 5.98. The van der Waals surface area contributed by atoms with E-state index in [0.29, 0.717) is 19.7 Å². The van der Waals surface area contributed by atoms with E-state index in [-0.39, 0.29) is 5.91 Å². The number of amides is 1. The molecule has 0 fully saturated rings. The largest absolute Gasteiger partial charge is 0.383 e. The third-order valence-electron chi connectivity index (χ3n) is 4.97. The van der Waals surface area contributed by atoms with Gasteiger partial charge in [0, 0.05) is 37.6 Å². The quantitative estimate of drug-likeness (QED) is 0.732. The zero-order valence-electron chi connectivity index (χ0n) is 14.4. The molecule has 25 heavy (non-hydrogen) atoms. The summed E-state index contributed by atoms with van der Waals surface area (Å²) in [4.78, 5) is 15.2. The van der Waals surface area contributed by atoms with E-state index in [4.69, 9.17) is 4.74 Å². The molecule has 1 aromatic heterocycles. The van der Waals surface area contributed by atoms with Crippen molar-refractivity contribution < 1.29 is 9.53 Å². The zero-order chi connectivity index (χ0) is 17.2. The van der Waals surface area contributed by atoms with Crippen LogP contribution in [0.5, 0.6) is 0 Å². The Morgan fingerprint density at radius 3 is 2.68 bits per heavy atom. The molecule has 2 aromatic carbocycles. The van der Waals surface area contributed by atoms with Gasteiger partial charge in [-0.1, -0.05) is 42.5 Å². The van der Waals surface area contributed by atoms with Crippen LogP contribution in [0.15, 0.2) is 54.6 Å². The number of hydrogen-bond acceptors (Lipinski definition) is 2. The standard InChI is InChI=1S/C21H22N2O2/c1-25-13-12-23-19-9-5-4-7-17(19)14-20(23)21(24)22-11-10-16-6-2-3-8-18(16)15-22/h2-9,14H,10-13,15H2,1H3. The van der Waals surface area contributed by atoms with E-state index in [1.54, 1.807) is 7.11 Å². The van der Waals surface area contributed by atoms with Crippen LogP contribution in [0, 0.1) is 0 Å². The maximum absolute atomic E-state index is 13.2. The summed E-state index contributed by atoms with van der Waals surface area (Å²) >= 11 is 0. The SMILES string of the molecule is COCCn1c(C(=O)N2CCc3ccccc3C2)cc2ccccc21. The molecule has 0 aliphatic carbocycles. The molecular formula is C21H22N2O2. The number of fused-ring (bicyclic) bond motifs is 2. The summed E-state index contributed by atoms with van der Waals surface area (Å²) in [5.74, 6) is 0.0989. The highest BCUT2D eigenvalue weighted by Crippen LogP contribution is 2.24. The molecule has 0 bridgehead atoms. The van der Waals surface area contributed by atoms with E-state index in [9.17, 15) is 4.79 Å². The van der Waals surface area contributed by atoms with Crippen LogP contribution in [0.25, 0.3) is 10.9 Å². The van der Waals surface area contributed by atoms with Crippen LogP contribution in [0.2, 0.25) is 0 Å². The first-order valence-corrected chi connectivity index (χ1v) is 8.71. The lowest BCUT2D eigenvalue weighted by Gasteiger charge is -2.29. The van der Waals surface area contributed by atoms with Crippen molar-refractivity contribution in [3.05, 3.63) is 71.4 Å². The minimum absolute atomic E-state index is 0.0989. The van der Waals surface area contributed by atoms with E-state index < -0.39 is 0 Å². The van der Waals surface area contributed by atoms with Gasteiger partial charge < -0.3 is 14.2 Å². The summed E-state index contributed by atoms with van der Waals surface area (Å²) in [7, 11) is 1.69. The van der Waals surface area contributed by atoms with Gasteiger partial charge in [-0.15, -0.1) is 0 Å². The van der Waals surface area contributed by atoms with Crippen molar-refractivity contribution in [2.24, 2.45) is 0 Å². The average Bonchev–Trinajstić information content (AvgIpc) is 3.04. The van der Waals surface area contributed by atoms with Gasteiger partial charge >= 0.3 is 0 Å². The molecule has 3 aromatic rings. The lowest BCUT2D eigenvalue weighted by atomic mass is 10.00. The van der Waals surface area contributed by atoms with Crippen LogP contribution in [-0.4, -0.2) is 35.6 Å². The Labute approximate surface area is 147 Å². The maximum Gasteiger partial charge on any atom is 0.270 e. The van der Waals surface area contributed by atoms with Crippen molar-refractivity contribution in [2.75, 3.05) is 20.3 Å². The van der Waals surface area contributed by atoms with Crippen molar-refractivity contribution in [3.63, 3.8) is 0 Å². The van der Waals surface area contributed by atoms with Crippen LogP contribution in [-0.2, 0) is 24.2 Å². The molecule has 0 N–H and O–H groups in total. The summed E-state index contributed by atoms with van der Waals surface area (Å²) in [6.07, 6.45) is 0.917. The number of hydrogen-bond donors (Lipinski definition) is 0. The molecule has 0 unspecified atom stereocenters. The maximum atomic E-state index is 13.2. The predicted molar refractivity (Wildman–Crippen MR) is 98.7 cm³/mol. The van der Waals surface area contributed by atoms with E-state index in [0.717, 1.165) is 29.6 Å². The molecule has 1 aliphatic heterocycles. The summed E-state index contributed by atoms with van der Waals surface area (Å²) in [5, 5.41) is 1.10. The first-order valence-electron chi connectivity index (χ1n) is 8.71. The second-order valence-corrected chi connectivity index (χ2v) is 6.48. The summed E-state index contributed by atoms with van der Waals surface area (Å²) in [6.45, 7) is 2.71. The Bertz CT molecular complexity index is 913. The smallest absolute Gasteiger partial charge is 0.270 e. The number of para-hydroxylation sites is 1. The summed E-state index contributed by atoms with van der Waals surface area (Å²) in [6, 6.07) is 18.5. The molecule has 4 rings (SSSR count). The molecular weight excluding hydrogens is 312 g/mol. The van der Waals surface area contributed by atoms with Gasteiger partial charge in [0.25, 0.3) is 5.91 Å². The number of nitrogens with zero attached hydrogens (tertiary/aromatic N) is 2. The Morgan fingerprint density at radius 2 is 1.84 bits per heavy atom. The molecule has 4 nitrogen and oxygen atoms in total. The molecule has 1 amide bonds. The topological polar surface area (TPSA) is 34.5 Å². The first kappa shape index (κ1) is 15.9. The number of methoxy groups -OCH3 is 1. The number of aromatic nitrogens is 1. The van der Waals surface area contributed by atoms with Crippen LogP contribution >= 0.6 is 0 Å². The number of ether oxygens (including phenoxy) is 1. The molecule has 0 radical (unpaired) electrons. The van der Waals surface area contributed by atoms with Gasteiger partial charge in [0.2, 0.25) is 0 Å². The number of carbonyl (C=O) groups excluding carboxylic acids is 1. The van der Waals surface area contributed by atoms with Crippen LogP contribution in [0.4, 0.5) is 0 Å². The average molecular weight is 334 g/mol. The second-order valence-electron chi connectivity index (χ2n) is 6.48. The molecule has 0 spiro atoms. The van der Waals surface area contributed by atoms with Gasteiger partial charge in [-0.05, 0) is 29.7 Å². The molecule has 1 aliphatic rings. The molecule has 0 saturated carbocycles. The molecule has 0 saturated heterocycles. The van der Waals surface area contributed by atoms with Gasteiger partial charge in [0.15, 0.2) is 0 Å². The number of rotatable bonds is 4. The molecule has 2 heterocycles. The van der Waals surface area contributed by atoms with Crippen molar-refractivity contribution in [2.45, 2.75) is 19.5 Å². The van der Waals surface area contributed by atoms with Gasteiger partial charge in [-0.3, -0.25) is 4.79 Å². The van der Waals surface area contributed by atoms with Crippen molar-refractivity contribution in [1.82, 2.24) is 9.47 Å². The highest BCUT2D eigenvalue weighted by atomic mass is 16.5. The van der Waals surface area contributed by atoms with Gasteiger partial charge in [0.05, 0.1) is 6.61 Å². The Hall–Kier alpha value is -2.59. The fraction of sp³-hybridized carbons (Fsp3) is 0.286. The van der Waals surface area contributed by atoms with Crippen LogP contribution < -0.4 is 0 Å². The Morgan fingerprint density at radius 1 is 1.08 bits per heavy atom. The minimum Gasteiger partial charge on any atom is -0.383 e. The lowest BCUT2D eigenvalue weighted by Crippen LogP contribution is -2.37. The van der Waals surface area contributed by atoms with Crippen molar-refractivity contribution in [1.29, 1.82) is 0 Å². The number of carbonyl (C=O) groups is 1. The Kier molecular flexibility index (Phi) is 4.28. The van der Waals surface area contributed by atoms with E-state index in [2.05, 4.69) is 34.9 Å². The lowest BCUT2D eigenvalue weighted by molar-refractivity contribution is 0.0722. The van der Waals surface area contributed by atoms with E-state index in [1.165, 1.54) is 11.1 Å². The van der Waals surface area contributed by atoms with Gasteiger partial charge in [-0.2, -0.15) is 0 Å². The van der Waals surface area contributed by atoms with E-state index >= 15 is 0 Å². The number of benzene rings is 2. The summed E-state index contributed by atoms with van der Waals surface area (Å²) in [5.41, 5.74) is 4.44. The van der Waals surface area contributed by atoms with Crippen molar-refractivity contribution >= 4 is 16.8 Å². The van der Waals surface area contributed by atoms with Gasteiger partial charge in [-0.25, -0.2) is 0 Å². The predicted octanol–water partition coefficient (Wildman–Crippen LogP) is 3.49. The van der Waals surface area contributed by atoms with Crippen molar-refractivity contribution in [3.8, 4) is 0 Å². The minimum atomic E-state index is 0.0989. The molecule has 128 valence electrons. The van der Waals surface area contributed by atoms with E-state index in [1.807, 2.05) is 29.2 Å². The second kappa shape index (κ2) is 6.73. The first-order chi connectivity index (χ1) is 12.3. The fourth-order valence-corrected chi connectivity index (χ4v) is 3.64. The highest BCUT2D eigenvalue weighted by Gasteiger charge is 2.24. The zero-order valence-corrected chi connectivity index (χ0v) is 14.4. The van der Waals surface area contributed by atoms with Gasteiger partial charge in [0.1, 0.15) is 5.69 Å². The third kappa shape index (κ3) is 2.94. The third-order valence-corrected chi connectivity index (χ3v) is 4.97. The Balaban J connectivity index is 1.68. The molecule has 4 heteroatoms. The monoisotopic (exact) mass is 334 g/mol. The van der Waals surface area contributed by atoms with Crippen LogP contribution in [0.1, 0.15) is 21.6 Å². The fourth-order valence-electron chi connectivity index (χ4n) is 3.64.